The molecule has 0 saturated carbocycles. The van der Waals surface area contributed by atoms with Gasteiger partial charge in [0, 0.05) is 11.4 Å². The molecule has 3 aromatic rings. The molecular weight excluding hydrogens is 340 g/mol. The van der Waals surface area contributed by atoms with Gasteiger partial charge >= 0.3 is 0 Å². The van der Waals surface area contributed by atoms with E-state index in [9.17, 15) is 0 Å². The van der Waals surface area contributed by atoms with Crippen molar-refractivity contribution in [3.8, 4) is 0 Å². The van der Waals surface area contributed by atoms with Gasteiger partial charge in [0.2, 0.25) is 0 Å². The van der Waals surface area contributed by atoms with Gasteiger partial charge in [-0.2, -0.15) is 0 Å². The van der Waals surface area contributed by atoms with Crippen LogP contribution in [0, 0.1) is 48.5 Å². The van der Waals surface area contributed by atoms with Gasteiger partial charge < -0.3 is 9.80 Å². The molecular formula is C26H30N2. The topological polar surface area (TPSA) is 6.48 Å². The van der Waals surface area contributed by atoms with E-state index in [-0.39, 0.29) is 0 Å². The van der Waals surface area contributed by atoms with Gasteiger partial charge in [0.05, 0.1) is 11.4 Å². The van der Waals surface area contributed by atoms with E-state index < -0.39 is 0 Å². The predicted molar refractivity (Wildman–Crippen MR) is 122 cm³/mol. The highest BCUT2D eigenvalue weighted by Crippen LogP contribution is 2.48. The van der Waals surface area contributed by atoms with Crippen molar-refractivity contribution in [1.29, 1.82) is 0 Å². The second-order valence-electron chi connectivity index (χ2n) is 8.41. The van der Waals surface area contributed by atoms with Gasteiger partial charge in [-0.3, -0.25) is 0 Å². The molecule has 0 radical (unpaired) electrons. The lowest BCUT2D eigenvalue weighted by Gasteiger charge is -2.27. The zero-order chi connectivity index (χ0) is 20.2. The van der Waals surface area contributed by atoms with Crippen molar-refractivity contribution in [3.05, 3.63) is 81.4 Å². The molecule has 4 rings (SSSR count). The lowest BCUT2D eigenvalue weighted by molar-refractivity contribution is 0.969. The summed E-state index contributed by atoms with van der Waals surface area (Å²) in [6.45, 7) is 16.3. The SMILES string of the molecule is Cc1cc(C)c(N2CN(c3c(C)cccc3C)c3cc(C)c(C)cc32)c(C)c1. The minimum Gasteiger partial charge on any atom is -0.320 e. The van der Waals surface area contributed by atoms with Crippen LogP contribution >= 0.6 is 0 Å². The minimum atomic E-state index is 0.842. The number of aryl methyl sites for hydroxylation is 7. The number of fused-ring (bicyclic) bond motifs is 1. The van der Waals surface area contributed by atoms with Gasteiger partial charge in [-0.15, -0.1) is 0 Å². The first-order valence-electron chi connectivity index (χ1n) is 10.1. The molecule has 28 heavy (non-hydrogen) atoms. The summed E-state index contributed by atoms with van der Waals surface area (Å²) in [6.07, 6.45) is 0. The molecule has 2 heteroatoms. The van der Waals surface area contributed by atoms with Crippen LogP contribution in [0.3, 0.4) is 0 Å². The maximum Gasteiger partial charge on any atom is 0.100 e. The zero-order valence-corrected chi connectivity index (χ0v) is 18.1. The number of para-hydroxylation sites is 1. The molecule has 0 N–H and O–H groups in total. The maximum atomic E-state index is 2.50. The Kier molecular flexibility index (Phi) is 4.45. The molecule has 1 aliphatic heterocycles. The van der Waals surface area contributed by atoms with Crippen LogP contribution in [0.15, 0.2) is 42.5 Å². The summed E-state index contributed by atoms with van der Waals surface area (Å²) in [5.41, 5.74) is 14.6. The number of anilines is 4. The summed E-state index contributed by atoms with van der Waals surface area (Å²) < 4.78 is 0. The number of nitrogens with zero attached hydrogens (tertiary/aromatic N) is 2. The highest BCUT2D eigenvalue weighted by molar-refractivity contribution is 5.90. The van der Waals surface area contributed by atoms with E-state index in [2.05, 4.69) is 101 Å². The smallest absolute Gasteiger partial charge is 0.100 e. The van der Waals surface area contributed by atoms with Crippen molar-refractivity contribution in [1.82, 2.24) is 0 Å². The molecule has 0 aliphatic carbocycles. The van der Waals surface area contributed by atoms with Gasteiger partial charge in [0.1, 0.15) is 6.67 Å². The Hall–Kier alpha value is -2.74. The Morgan fingerprint density at radius 3 is 1.43 bits per heavy atom. The average Bonchev–Trinajstić information content (AvgIpc) is 2.92. The molecule has 3 aromatic carbocycles. The molecule has 0 amide bonds. The van der Waals surface area contributed by atoms with Gasteiger partial charge in [0.25, 0.3) is 0 Å². The number of benzene rings is 3. The molecule has 0 aromatic heterocycles. The number of hydrogen-bond acceptors (Lipinski definition) is 2. The van der Waals surface area contributed by atoms with Crippen LogP contribution in [0.2, 0.25) is 0 Å². The van der Waals surface area contributed by atoms with E-state index >= 15 is 0 Å². The van der Waals surface area contributed by atoms with E-state index in [0.717, 1.165) is 6.67 Å². The van der Waals surface area contributed by atoms with E-state index in [0.29, 0.717) is 0 Å². The van der Waals surface area contributed by atoms with Crippen LogP contribution in [0.25, 0.3) is 0 Å². The van der Waals surface area contributed by atoms with Crippen molar-refractivity contribution in [2.45, 2.75) is 48.5 Å². The predicted octanol–water partition coefficient (Wildman–Crippen LogP) is 7.09. The lowest BCUT2D eigenvalue weighted by atomic mass is 10.0. The largest absolute Gasteiger partial charge is 0.320 e. The van der Waals surface area contributed by atoms with Crippen LogP contribution < -0.4 is 9.80 Å². The van der Waals surface area contributed by atoms with Gasteiger partial charge in [-0.1, -0.05) is 35.9 Å². The third-order valence-corrected chi connectivity index (χ3v) is 6.07. The summed E-state index contributed by atoms with van der Waals surface area (Å²) in [5, 5.41) is 0. The Balaban J connectivity index is 1.95. The number of rotatable bonds is 2. The molecule has 2 nitrogen and oxygen atoms in total. The summed E-state index contributed by atoms with van der Waals surface area (Å²) in [5.74, 6) is 0. The maximum absolute atomic E-state index is 2.50. The van der Waals surface area contributed by atoms with Crippen molar-refractivity contribution >= 4 is 22.7 Å². The summed E-state index contributed by atoms with van der Waals surface area (Å²) in [4.78, 5) is 4.99. The lowest BCUT2D eigenvalue weighted by Crippen LogP contribution is -2.26. The molecule has 0 spiro atoms. The fourth-order valence-corrected chi connectivity index (χ4v) is 4.72. The van der Waals surface area contributed by atoms with Crippen LogP contribution in [0.4, 0.5) is 22.7 Å². The zero-order valence-electron chi connectivity index (χ0n) is 18.1. The summed E-state index contributed by atoms with van der Waals surface area (Å²) >= 11 is 0. The molecule has 0 bridgehead atoms. The first-order valence-corrected chi connectivity index (χ1v) is 10.1. The molecule has 1 heterocycles. The monoisotopic (exact) mass is 370 g/mol. The summed E-state index contributed by atoms with van der Waals surface area (Å²) in [6, 6.07) is 15.9. The van der Waals surface area contributed by atoms with Gasteiger partial charge in [-0.25, -0.2) is 0 Å². The molecule has 0 fully saturated rings. The van der Waals surface area contributed by atoms with Crippen molar-refractivity contribution < 1.29 is 0 Å². The highest BCUT2D eigenvalue weighted by Gasteiger charge is 2.31. The highest BCUT2D eigenvalue weighted by atomic mass is 15.4. The minimum absolute atomic E-state index is 0.842. The quantitative estimate of drug-likeness (QED) is 0.475. The second kappa shape index (κ2) is 6.70. The molecule has 0 saturated heterocycles. The van der Waals surface area contributed by atoms with Crippen molar-refractivity contribution in [2.24, 2.45) is 0 Å². The van der Waals surface area contributed by atoms with Gasteiger partial charge in [0.15, 0.2) is 0 Å². The summed E-state index contributed by atoms with van der Waals surface area (Å²) in [7, 11) is 0. The van der Waals surface area contributed by atoms with Crippen molar-refractivity contribution in [3.63, 3.8) is 0 Å². The molecule has 144 valence electrons. The van der Waals surface area contributed by atoms with Crippen LogP contribution in [-0.4, -0.2) is 6.67 Å². The Bertz CT molecular complexity index is 1030. The van der Waals surface area contributed by atoms with E-state index in [1.807, 2.05) is 0 Å². The van der Waals surface area contributed by atoms with Crippen LogP contribution in [0.5, 0.6) is 0 Å². The van der Waals surface area contributed by atoms with E-state index in [4.69, 9.17) is 0 Å². The fraction of sp³-hybridized carbons (Fsp3) is 0.308. The van der Waals surface area contributed by atoms with E-state index in [1.54, 1.807) is 0 Å². The normalized spacial score (nSPS) is 13.2. The molecule has 1 aliphatic rings. The average molecular weight is 371 g/mol. The first-order chi connectivity index (χ1) is 13.3. The third-order valence-electron chi connectivity index (χ3n) is 6.07. The molecule has 0 atom stereocenters. The second-order valence-corrected chi connectivity index (χ2v) is 8.41. The van der Waals surface area contributed by atoms with Crippen LogP contribution in [0.1, 0.15) is 38.9 Å². The third kappa shape index (κ3) is 2.88. The number of hydrogen-bond donors (Lipinski definition) is 0. The van der Waals surface area contributed by atoms with E-state index in [1.165, 1.54) is 61.7 Å². The fourth-order valence-electron chi connectivity index (χ4n) is 4.72. The van der Waals surface area contributed by atoms with Gasteiger partial charge in [-0.05, 0) is 94.0 Å². The Morgan fingerprint density at radius 2 is 0.964 bits per heavy atom. The standard InChI is InChI=1S/C26H30N2/c1-16-11-21(6)26(22(7)12-16)28-15-27(25-17(2)9-8-10-18(25)3)23-13-19(4)20(5)14-24(23)28/h8-14H,15H2,1-7H3. The van der Waals surface area contributed by atoms with Crippen LogP contribution in [-0.2, 0) is 0 Å². The Labute approximate surface area is 169 Å². The first kappa shape index (κ1) is 18.6. The molecule has 0 unspecified atom stereocenters. The van der Waals surface area contributed by atoms with Crippen molar-refractivity contribution in [2.75, 3.05) is 16.5 Å². The Morgan fingerprint density at radius 1 is 0.536 bits per heavy atom.